The van der Waals surface area contributed by atoms with Crippen LogP contribution in [-0.4, -0.2) is 22.3 Å². The van der Waals surface area contributed by atoms with Crippen molar-refractivity contribution in [2.24, 2.45) is 0 Å². The minimum absolute atomic E-state index is 0.0381. The number of carboxylic acids is 1. The SMILES string of the molecule is CC(C)Oc1cc(C(=O)O)c(F)cc1O. The lowest BCUT2D eigenvalue weighted by Gasteiger charge is -2.12. The molecule has 0 saturated heterocycles. The fraction of sp³-hybridized carbons (Fsp3) is 0.300. The predicted octanol–water partition coefficient (Wildman–Crippen LogP) is 2.02. The van der Waals surface area contributed by atoms with E-state index in [-0.39, 0.29) is 11.9 Å². The van der Waals surface area contributed by atoms with E-state index in [1.807, 2.05) is 0 Å². The fourth-order valence-corrected chi connectivity index (χ4v) is 1.06. The molecule has 2 N–H and O–H groups in total. The molecule has 0 aromatic heterocycles. The molecule has 1 aromatic rings. The minimum atomic E-state index is -1.40. The summed E-state index contributed by atoms with van der Waals surface area (Å²) in [5.41, 5.74) is -0.525. The standard InChI is InChI=1S/C10H11FO4/c1-5(2)15-9-3-6(10(13)14)7(11)4-8(9)12/h3-5,12H,1-2H3,(H,13,14). The van der Waals surface area contributed by atoms with Gasteiger partial charge in [-0.3, -0.25) is 0 Å². The van der Waals surface area contributed by atoms with Gasteiger partial charge in [-0.2, -0.15) is 0 Å². The zero-order chi connectivity index (χ0) is 11.6. The summed E-state index contributed by atoms with van der Waals surface area (Å²) in [5, 5.41) is 17.9. The first-order valence-electron chi connectivity index (χ1n) is 4.34. The van der Waals surface area contributed by atoms with E-state index in [0.29, 0.717) is 0 Å². The van der Waals surface area contributed by atoms with Crippen molar-refractivity contribution in [3.05, 3.63) is 23.5 Å². The van der Waals surface area contributed by atoms with Crippen LogP contribution < -0.4 is 4.74 Å². The maximum atomic E-state index is 13.0. The maximum absolute atomic E-state index is 13.0. The van der Waals surface area contributed by atoms with Crippen LogP contribution in [0.4, 0.5) is 4.39 Å². The molecular weight excluding hydrogens is 203 g/mol. The second-order valence-corrected chi connectivity index (χ2v) is 3.27. The molecule has 82 valence electrons. The second-order valence-electron chi connectivity index (χ2n) is 3.27. The van der Waals surface area contributed by atoms with Gasteiger partial charge in [-0.15, -0.1) is 0 Å². The van der Waals surface area contributed by atoms with E-state index in [4.69, 9.17) is 9.84 Å². The molecule has 0 spiro atoms. The Morgan fingerprint density at radius 2 is 2.07 bits per heavy atom. The van der Waals surface area contributed by atoms with Crippen molar-refractivity contribution < 1.29 is 24.1 Å². The van der Waals surface area contributed by atoms with Crippen LogP contribution in [0.5, 0.6) is 11.5 Å². The summed E-state index contributed by atoms with van der Waals surface area (Å²) in [4.78, 5) is 10.6. The number of halogens is 1. The summed E-state index contributed by atoms with van der Waals surface area (Å²) in [6.07, 6.45) is -0.233. The van der Waals surface area contributed by atoms with Crippen molar-refractivity contribution in [3.63, 3.8) is 0 Å². The van der Waals surface area contributed by atoms with Crippen molar-refractivity contribution in [2.75, 3.05) is 0 Å². The monoisotopic (exact) mass is 214 g/mol. The first kappa shape index (κ1) is 11.3. The lowest BCUT2D eigenvalue weighted by atomic mass is 10.2. The molecule has 15 heavy (non-hydrogen) atoms. The van der Waals surface area contributed by atoms with Gasteiger partial charge in [0.2, 0.25) is 0 Å². The number of ether oxygens (including phenoxy) is 1. The molecule has 0 saturated carbocycles. The number of benzene rings is 1. The Labute approximate surface area is 85.9 Å². The third kappa shape index (κ3) is 2.59. The normalized spacial score (nSPS) is 10.4. The Balaban J connectivity index is 3.17. The number of rotatable bonds is 3. The molecule has 5 heteroatoms. The molecule has 4 nitrogen and oxygen atoms in total. The van der Waals surface area contributed by atoms with Crippen LogP contribution >= 0.6 is 0 Å². The summed E-state index contributed by atoms with van der Waals surface area (Å²) in [7, 11) is 0. The van der Waals surface area contributed by atoms with Crippen LogP contribution in [0.15, 0.2) is 12.1 Å². The van der Waals surface area contributed by atoms with Gasteiger partial charge in [-0.05, 0) is 13.8 Å². The number of carboxylic acid groups (broad SMARTS) is 1. The maximum Gasteiger partial charge on any atom is 0.338 e. The Morgan fingerprint density at radius 1 is 1.47 bits per heavy atom. The molecule has 0 atom stereocenters. The lowest BCUT2D eigenvalue weighted by Crippen LogP contribution is -2.08. The van der Waals surface area contributed by atoms with Crippen LogP contribution in [-0.2, 0) is 0 Å². The van der Waals surface area contributed by atoms with E-state index in [9.17, 15) is 14.3 Å². The molecule has 1 rings (SSSR count). The predicted molar refractivity (Wildman–Crippen MR) is 50.8 cm³/mol. The van der Waals surface area contributed by atoms with Crippen molar-refractivity contribution in [3.8, 4) is 11.5 Å². The van der Waals surface area contributed by atoms with Crippen molar-refractivity contribution in [2.45, 2.75) is 20.0 Å². The van der Waals surface area contributed by atoms with Crippen molar-refractivity contribution in [1.82, 2.24) is 0 Å². The van der Waals surface area contributed by atoms with E-state index in [1.165, 1.54) is 0 Å². The number of aromatic carboxylic acids is 1. The quantitative estimate of drug-likeness (QED) is 0.807. The van der Waals surface area contributed by atoms with Crippen LogP contribution in [0.3, 0.4) is 0 Å². The molecule has 0 fully saturated rings. The molecule has 0 aliphatic carbocycles. The first-order chi connectivity index (χ1) is 6.91. The fourth-order valence-electron chi connectivity index (χ4n) is 1.06. The van der Waals surface area contributed by atoms with Gasteiger partial charge in [-0.1, -0.05) is 0 Å². The Bertz CT molecular complexity index is 387. The minimum Gasteiger partial charge on any atom is -0.504 e. The van der Waals surface area contributed by atoms with E-state index < -0.39 is 23.1 Å². The van der Waals surface area contributed by atoms with Crippen LogP contribution in [0.25, 0.3) is 0 Å². The first-order valence-corrected chi connectivity index (χ1v) is 4.34. The van der Waals surface area contributed by atoms with Gasteiger partial charge in [0, 0.05) is 12.1 Å². The zero-order valence-corrected chi connectivity index (χ0v) is 8.32. The van der Waals surface area contributed by atoms with Crippen LogP contribution in [0.1, 0.15) is 24.2 Å². The average Bonchev–Trinajstić information content (AvgIpc) is 2.08. The van der Waals surface area contributed by atoms with Crippen LogP contribution in [0, 0.1) is 5.82 Å². The lowest BCUT2D eigenvalue weighted by molar-refractivity contribution is 0.0691. The number of aromatic hydroxyl groups is 1. The molecule has 1 aromatic carbocycles. The molecule has 0 radical (unpaired) electrons. The highest BCUT2D eigenvalue weighted by molar-refractivity contribution is 5.88. The topological polar surface area (TPSA) is 66.8 Å². The van der Waals surface area contributed by atoms with Gasteiger partial charge in [0.1, 0.15) is 5.82 Å². The van der Waals surface area contributed by atoms with E-state index >= 15 is 0 Å². The van der Waals surface area contributed by atoms with Crippen molar-refractivity contribution in [1.29, 1.82) is 0 Å². The highest BCUT2D eigenvalue weighted by atomic mass is 19.1. The van der Waals surface area contributed by atoms with Gasteiger partial charge >= 0.3 is 5.97 Å². The largest absolute Gasteiger partial charge is 0.504 e. The smallest absolute Gasteiger partial charge is 0.338 e. The second kappa shape index (κ2) is 4.16. The molecular formula is C10H11FO4. The number of phenolic OH excluding ortho intramolecular Hbond substituents is 1. The van der Waals surface area contributed by atoms with Gasteiger partial charge in [0.25, 0.3) is 0 Å². The molecule has 0 unspecified atom stereocenters. The average molecular weight is 214 g/mol. The zero-order valence-electron chi connectivity index (χ0n) is 8.32. The third-order valence-electron chi connectivity index (χ3n) is 1.64. The summed E-state index contributed by atoms with van der Waals surface area (Å²) in [5.74, 6) is -2.84. The van der Waals surface area contributed by atoms with Gasteiger partial charge < -0.3 is 14.9 Å². The van der Waals surface area contributed by atoms with Gasteiger partial charge in [0.05, 0.1) is 11.7 Å². The van der Waals surface area contributed by atoms with Gasteiger partial charge in [0.15, 0.2) is 11.5 Å². The summed E-state index contributed by atoms with van der Waals surface area (Å²) < 4.78 is 18.1. The molecule has 0 heterocycles. The number of hydrogen-bond donors (Lipinski definition) is 2. The third-order valence-corrected chi connectivity index (χ3v) is 1.64. The number of carbonyl (C=O) groups is 1. The molecule has 0 aliphatic heterocycles. The number of phenols is 1. The molecule has 0 amide bonds. The Hall–Kier alpha value is -1.78. The van der Waals surface area contributed by atoms with E-state index in [2.05, 4.69) is 0 Å². The number of hydrogen-bond acceptors (Lipinski definition) is 3. The van der Waals surface area contributed by atoms with E-state index in [0.717, 1.165) is 12.1 Å². The molecule has 0 aliphatic rings. The summed E-state index contributed by atoms with van der Waals surface area (Å²) in [6, 6.07) is 1.69. The van der Waals surface area contributed by atoms with E-state index in [1.54, 1.807) is 13.8 Å². The van der Waals surface area contributed by atoms with Crippen LogP contribution in [0.2, 0.25) is 0 Å². The van der Waals surface area contributed by atoms with Crippen molar-refractivity contribution >= 4 is 5.97 Å². The van der Waals surface area contributed by atoms with Gasteiger partial charge in [-0.25, -0.2) is 9.18 Å². The highest BCUT2D eigenvalue weighted by Gasteiger charge is 2.16. The summed E-state index contributed by atoms with van der Waals surface area (Å²) in [6.45, 7) is 3.42. The Kier molecular flexibility index (Phi) is 3.14. The molecule has 0 bridgehead atoms. The Morgan fingerprint density at radius 3 is 2.53 bits per heavy atom. The highest BCUT2D eigenvalue weighted by Crippen LogP contribution is 2.29. The summed E-state index contributed by atoms with van der Waals surface area (Å²) >= 11 is 0.